The third kappa shape index (κ3) is 2.63. The molecule has 0 saturated heterocycles. The lowest BCUT2D eigenvalue weighted by Gasteiger charge is -2.05. The molecule has 6 nitrogen and oxygen atoms in total. The molecule has 0 atom stereocenters. The third-order valence-corrected chi connectivity index (χ3v) is 5.27. The van der Waals surface area contributed by atoms with Gasteiger partial charge in [-0.2, -0.15) is 11.8 Å². The summed E-state index contributed by atoms with van der Waals surface area (Å²) in [5.74, 6) is 0.956. The van der Waals surface area contributed by atoms with Gasteiger partial charge in [0.1, 0.15) is 0 Å². The highest BCUT2D eigenvalue weighted by atomic mass is 32.2. The summed E-state index contributed by atoms with van der Waals surface area (Å²) in [6.07, 6.45) is 4.42. The van der Waals surface area contributed by atoms with E-state index in [0.29, 0.717) is 11.5 Å². The van der Waals surface area contributed by atoms with Crippen LogP contribution in [0.5, 0.6) is 0 Å². The van der Waals surface area contributed by atoms with Crippen LogP contribution in [0.4, 0.5) is 5.82 Å². The molecule has 2 rings (SSSR count). The molecule has 0 aromatic carbocycles. The number of nitrogens with one attached hydrogen (secondary N) is 1. The molecule has 0 aliphatic heterocycles. The second-order valence-corrected chi connectivity index (χ2v) is 7.14. The molecule has 0 saturated carbocycles. The summed E-state index contributed by atoms with van der Waals surface area (Å²) in [7, 11) is -3.60. The fourth-order valence-electron chi connectivity index (χ4n) is 1.54. The highest BCUT2D eigenvalue weighted by molar-refractivity contribution is 7.98. The molecular formula is C9H14N4O2S3. The molecule has 100 valence electrons. The fraction of sp³-hybridized carbons (Fsp3) is 0.444. The van der Waals surface area contributed by atoms with Crippen molar-refractivity contribution in [3.8, 4) is 0 Å². The number of thioether (sulfide) groups is 1. The zero-order valence-corrected chi connectivity index (χ0v) is 12.2. The van der Waals surface area contributed by atoms with Crippen molar-refractivity contribution < 1.29 is 8.42 Å². The van der Waals surface area contributed by atoms with Crippen molar-refractivity contribution in [2.45, 2.75) is 11.4 Å². The molecule has 3 N–H and O–H groups in total. The van der Waals surface area contributed by atoms with Crippen molar-refractivity contribution in [1.82, 2.24) is 14.1 Å². The van der Waals surface area contributed by atoms with Crippen molar-refractivity contribution in [2.24, 2.45) is 0 Å². The minimum atomic E-state index is -3.60. The number of thiazole rings is 1. The number of rotatable bonds is 6. The zero-order valence-electron chi connectivity index (χ0n) is 9.79. The normalized spacial score (nSPS) is 12.3. The maximum atomic E-state index is 12.1. The Labute approximate surface area is 114 Å². The number of anilines is 1. The summed E-state index contributed by atoms with van der Waals surface area (Å²) in [4.78, 5) is 4.60. The van der Waals surface area contributed by atoms with E-state index in [0.717, 1.165) is 12.2 Å². The van der Waals surface area contributed by atoms with Gasteiger partial charge in [0, 0.05) is 18.1 Å². The van der Waals surface area contributed by atoms with Crippen LogP contribution in [0, 0.1) is 0 Å². The number of nitrogens with zero attached hydrogens (tertiary/aromatic N) is 2. The van der Waals surface area contributed by atoms with Crippen LogP contribution < -0.4 is 10.5 Å². The van der Waals surface area contributed by atoms with Gasteiger partial charge in [-0.05, 0) is 18.4 Å². The highest BCUT2D eigenvalue weighted by Gasteiger charge is 2.23. The average molecular weight is 306 g/mol. The second kappa shape index (κ2) is 5.47. The molecule has 0 aliphatic rings. The zero-order chi connectivity index (χ0) is 13.2. The van der Waals surface area contributed by atoms with E-state index in [1.165, 1.54) is 15.7 Å². The first-order valence-electron chi connectivity index (χ1n) is 5.26. The van der Waals surface area contributed by atoms with Crippen LogP contribution in [-0.2, 0) is 10.0 Å². The van der Waals surface area contributed by atoms with Crippen LogP contribution in [0.15, 0.2) is 16.6 Å². The van der Waals surface area contributed by atoms with Crippen LogP contribution in [0.1, 0.15) is 6.42 Å². The first-order valence-corrected chi connectivity index (χ1v) is 9.01. The summed E-state index contributed by atoms with van der Waals surface area (Å²) in [5, 5.41) is 1.80. The number of nitrogens with two attached hydrogens (primary N) is 1. The summed E-state index contributed by atoms with van der Waals surface area (Å²) in [5.41, 5.74) is 5.67. The Morgan fingerprint density at radius 2 is 2.39 bits per heavy atom. The first kappa shape index (κ1) is 13.7. The number of imidazole rings is 1. The van der Waals surface area contributed by atoms with Gasteiger partial charge in [-0.1, -0.05) is 0 Å². The van der Waals surface area contributed by atoms with Gasteiger partial charge in [0.2, 0.25) is 0 Å². The third-order valence-electron chi connectivity index (χ3n) is 2.32. The largest absolute Gasteiger partial charge is 0.381 e. The summed E-state index contributed by atoms with van der Waals surface area (Å²) < 4.78 is 28.3. The van der Waals surface area contributed by atoms with Gasteiger partial charge in [0.15, 0.2) is 15.8 Å². The monoisotopic (exact) mass is 306 g/mol. The lowest BCUT2D eigenvalue weighted by Crippen LogP contribution is -2.27. The number of aromatic nitrogens is 2. The smallest absolute Gasteiger partial charge is 0.260 e. The Morgan fingerprint density at radius 3 is 3.11 bits per heavy atom. The molecule has 0 radical (unpaired) electrons. The number of hydrogen-bond acceptors (Lipinski definition) is 6. The maximum absolute atomic E-state index is 12.1. The Kier molecular flexibility index (Phi) is 4.15. The Hall–Kier alpha value is -0.770. The van der Waals surface area contributed by atoms with Crippen molar-refractivity contribution in [3.63, 3.8) is 0 Å². The van der Waals surface area contributed by atoms with Crippen LogP contribution in [0.25, 0.3) is 4.96 Å². The standard InChI is InChI=1S/C9H14N4O2S3/c1-16-5-2-3-11-18(14,15)8-7(10)12-9-13(8)4-6-17-9/h4,6,11H,2-3,5,10H2,1H3. The van der Waals surface area contributed by atoms with Crippen LogP contribution in [0.3, 0.4) is 0 Å². The molecule has 0 bridgehead atoms. The minimum Gasteiger partial charge on any atom is -0.381 e. The van der Waals surface area contributed by atoms with Crippen molar-refractivity contribution in [3.05, 3.63) is 11.6 Å². The van der Waals surface area contributed by atoms with E-state index in [1.807, 2.05) is 6.26 Å². The minimum absolute atomic E-state index is 0.0305. The maximum Gasteiger partial charge on any atom is 0.260 e. The molecule has 0 fully saturated rings. The van der Waals surface area contributed by atoms with Crippen LogP contribution in [-0.4, -0.2) is 36.4 Å². The van der Waals surface area contributed by atoms with Gasteiger partial charge < -0.3 is 5.73 Å². The van der Waals surface area contributed by atoms with Crippen LogP contribution >= 0.6 is 23.1 Å². The second-order valence-electron chi connectivity index (χ2n) is 3.60. The van der Waals surface area contributed by atoms with Crippen molar-refractivity contribution >= 4 is 43.9 Å². The quantitative estimate of drug-likeness (QED) is 0.777. The average Bonchev–Trinajstić information content (AvgIpc) is 2.83. The van der Waals surface area contributed by atoms with Gasteiger partial charge >= 0.3 is 0 Å². The Balaban J connectivity index is 2.23. The van der Waals surface area contributed by atoms with Gasteiger partial charge in [0.05, 0.1) is 0 Å². The lowest BCUT2D eigenvalue weighted by molar-refractivity contribution is 0.577. The van der Waals surface area contributed by atoms with E-state index in [2.05, 4.69) is 9.71 Å². The Morgan fingerprint density at radius 1 is 1.61 bits per heavy atom. The number of nitrogen functional groups attached to an aromatic ring is 1. The van der Waals surface area contributed by atoms with E-state index in [1.54, 1.807) is 23.3 Å². The highest BCUT2D eigenvalue weighted by Crippen LogP contribution is 2.22. The van der Waals surface area contributed by atoms with Crippen molar-refractivity contribution in [2.75, 3.05) is 24.3 Å². The fourth-order valence-corrected chi connectivity index (χ4v) is 4.03. The van der Waals surface area contributed by atoms with Gasteiger partial charge in [0.25, 0.3) is 10.0 Å². The van der Waals surface area contributed by atoms with E-state index < -0.39 is 10.0 Å². The summed E-state index contributed by atoms with van der Waals surface area (Å²) >= 11 is 3.03. The molecule has 0 unspecified atom stereocenters. The summed E-state index contributed by atoms with van der Waals surface area (Å²) in [6.45, 7) is 0.403. The summed E-state index contributed by atoms with van der Waals surface area (Å²) in [6, 6.07) is 0. The molecule has 0 spiro atoms. The molecule has 18 heavy (non-hydrogen) atoms. The molecule has 0 amide bonds. The first-order chi connectivity index (χ1) is 8.56. The molecule has 9 heteroatoms. The van der Waals surface area contributed by atoms with Gasteiger partial charge in [-0.25, -0.2) is 18.1 Å². The van der Waals surface area contributed by atoms with E-state index >= 15 is 0 Å². The molecule has 2 aromatic heterocycles. The predicted molar refractivity (Wildman–Crippen MR) is 75.7 cm³/mol. The van der Waals surface area contributed by atoms with E-state index in [4.69, 9.17) is 5.73 Å². The SMILES string of the molecule is CSCCCNS(=O)(=O)c1c(N)nc2sccn12. The van der Waals surface area contributed by atoms with Gasteiger partial charge in [-0.15, -0.1) is 11.3 Å². The molecule has 2 aromatic rings. The molecular weight excluding hydrogens is 292 g/mol. The van der Waals surface area contributed by atoms with E-state index in [9.17, 15) is 8.42 Å². The Bertz CT molecular complexity index is 631. The van der Waals surface area contributed by atoms with Gasteiger partial charge in [-0.3, -0.25) is 4.40 Å². The molecule has 0 aliphatic carbocycles. The van der Waals surface area contributed by atoms with E-state index in [-0.39, 0.29) is 10.8 Å². The number of sulfonamides is 1. The number of hydrogen-bond donors (Lipinski definition) is 2. The number of fused-ring (bicyclic) bond motifs is 1. The predicted octanol–water partition coefficient (Wildman–Crippen LogP) is 1.01. The lowest BCUT2D eigenvalue weighted by atomic mass is 10.5. The van der Waals surface area contributed by atoms with Crippen LogP contribution in [0.2, 0.25) is 0 Å². The topological polar surface area (TPSA) is 89.5 Å². The van der Waals surface area contributed by atoms with Crippen molar-refractivity contribution in [1.29, 1.82) is 0 Å². The molecule has 2 heterocycles.